The number of carbonyl (C=O) groups excluding carboxylic acids is 1. The Morgan fingerprint density at radius 1 is 1.62 bits per heavy atom. The molecule has 1 aliphatic rings. The van der Waals surface area contributed by atoms with Crippen LogP contribution in [0.4, 0.5) is 0 Å². The summed E-state index contributed by atoms with van der Waals surface area (Å²) in [5.41, 5.74) is 0.0774. The van der Waals surface area contributed by atoms with Crippen molar-refractivity contribution in [1.29, 1.82) is 0 Å². The quantitative estimate of drug-likeness (QED) is 0.654. The summed E-state index contributed by atoms with van der Waals surface area (Å²) in [5, 5.41) is 0.582. The molecule has 0 aliphatic heterocycles. The zero-order chi connectivity index (χ0) is 10.1. The fraction of sp³-hybridized carbons (Fsp3) is 0.800. The lowest BCUT2D eigenvalue weighted by Crippen LogP contribution is -2.39. The minimum Gasteiger partial charge on any atom is -0.487 e. The van der Waals surface area contributed by atoms with E-state index in [4.69, 9.17) is 17.0 Å². The molecule has 1 rings (SSSR count). The molecule has 0 aromatic carbocycles. The highest BCUT2D eigenvalue weighted by Gasteiger charge is 2.39. The van der Waals surface area contributed by atoms with Crippen LogP contribution in [0.25, 0.3) is 0 Å². The van der Waals surface area contributed by atoms with E-state index in [2.05, 4.69) is 13.8 Å². The van der Waals surface area contributed by atoms with Crippen LogP contribution in [-0.2, 0) is 9.53 Å². The number of hydrogen-bond acceptors (Lipinski definition) is 3. The molecule has 0 amide bonds. The van der Waals surface area contributed by atoms with Gasteiger partial charge in [-0.3, -0.25) is 4.79 Å². The second-order valence-corrected chi connectivity index (χ2v) is 4.99. The number of rotatable bonds is 3. The third kappa shape index (κ3) is 2.76. The van der Waals surface area contributed by atoms with Crippen LogP contribution in [0.1, 0.15) is 33.6 Å². The summed E-state index contributed by atoms with van der Waals surface area (Å²) in [6, 6.07) is 0. The molecule has 0 atom stereocenters. The van der Waals surface area contributed by atoms with Gasteiger partial charge in [-0.25, -0.2) is 0 Å². The van der Waals surface area contributed by atoms with Gasteiger partial charge in [0.25, 0.3) is 0 Å². The summed E-state index contributed by atoms with van der Waals surface area (Å²) in [6.45, 7) is 6.66. The number of hydrogen-bond donors (Lipinski definition) is 0. The number of Topliss-reactive ketones (excluding diaryl/α,β-unsaturated/α-hetero) is 1. The van der Waals surface area contributed by atoms with E-state index < -0.39 is 0 Å². The highest BCUT2D eigenvalue weighted by Crippen LogP contribution is 2.39. The summed E-state index contributed by atoms with van der Waals surface area (Å²) < 4.78 is 5.32. The van der Waals surface area contributed by atoms with Crippen molar-refractivity contribution in [3.63, 3.8) is 0 Å². The van der Waals surface area contributed by atoms with E-state index in [0.29, 0.717) is 36.2 Å². The van der Waals surface area contributed by atoms with Gasteiger partial charge in [-0.2, -0.15) is 0 Å². The molecule has 0 bridgehead atoms. The van der Waals surface area contributed by atoms with Crippen LogP contribution >= 0.6 is 12.2 Å². The molecular formula is C10H16O2S. The second-order valence-electron chi connectivity index (χ2n) is 4.41. The van der Waals surface area contributed by atoms with E-state index in [1.54, 1.807) is 6.92 Å². The molecule has 0 aromatic rings. The van der Waals surface area contributed by atoms with Gasteiger partial charge in [-0.15, -0.1) is 0 Å². The first-order valence-corrected chi connectivity index (χ1v) is 4.98. The van der Waals surface area contributed by atoms with Crippen LogP contribution in [0.15, 0.2) is 0 Å². The van der Waals surface area contributed by atoms with Crippen molar-refractivity contribution in [3.05, 3.63) is 0 Å². The van der Waals surface area contributed by atoms with E-state index in [-0.39, 0.29) is 5.41 Å². The van der Waals surface area contributed by atoms with E-state index in [1.807, 2.05) is 0 Å². The van der Waals surface area contributed by atoms with Gasteiger partial charge in [0, 0.05) is 25.2 Å². The Labute approximate surface area is 84.7 Å². The molecule has 2 nitrogen and oxygen atoms in total. The Hall–Kier alpha value is -0.440. The van der Waals surface area contributed by atoms with Crippen LogP contribution in [0, 0.1) is 11.3 Å². The maximum atomic E-state index is 10.8. The number of carbonyl (C=O) groups is 1. The molecule has 0 saturated heterocycles. The van der Waals surface area contributed by atoms with Crippen molar-refractivity contribution in [2.24, 2.45) is 11.3 Å². The SMILES string of the molecule is CC(=S)OCC(C)(C)C1CC(=O)C1. The summed E-state index contributed by atoms with van der Waals surface area (Å²) in [4.78, 5) is 10.8. The van der Waals surface area contributed by atoms with Crippen molar-refractivity contribution in [2.75, 3.05) is 6.61 Å². The van der Waals surface area contributed by atoms with Gasteiger partial charge >= 0.3 is 0 Å². The highest BCUT2D eigenvalue weighted by molar-refractivity contribution is 7.80. The average molecular weight is 200 g/mol. The zero-order valence-corrected chi connectivity index (χ0v) is 9.24. The van der Waals surface area contributed by atoms with Crippen LogP contribution in [0.2, 0.25) is 0 Å². The highest BCUT2D eigenvalue weighted by atomic mass is 32.1. The molecule has 0 radical (unpaired) electrons. The molecule has 1 fully saturated rings. The first-order valence-electron chi connectivity index (χ1n) is 4.57. The standard InChI is InChI=1S/C10H16O2S/c1-7(13)12-6-10(2,3)8-4-9(11)5-8/h8H,4-6H2,1-3H3. The molecule has 3 heteroatoms. The smallest absolute Gasteiger partial charge is 0.156 e. The minimum atomic E-state index is 0.0774. The van der Waals surface area contributed by atoms with E-state index in [1.165, 1.54) is 0 Å². The van der Waals surface area contributed by atoms with E-state index in [9.17, 15) is 4.79 Å². The van der Waals surface area contributed by atoms with Gasteiger partial charge in [-0.05, 0) is 18.1 Å². The molecule has 1 saturated carbocycles. The monoisotopic (exact) mass is 200 g/mol. The average Bonchev–Trinajstić information content (AvgIpc) is 1.95. The summed E-state index contributed by atoms with van der Waals surface area (Å²) in [6.07, 6.45) is 1.43. The maximum absolute atomic E-state index is 10.8. The van der Waals surface area contributed by atoms with Gasteiger partial charge in [0.1, 0.15) is 5.78 Å². The molecular weight excluding hydrogens is 184 g/mol. The predicted octanol–water partition coefficient (Wildman–Crippen LogP) is 2.36. The summed E-state index contributed by atoms with van der Waals surface area (Å²) >= 11 is 4.84. The summed E-state index contributed by atoms with van der Waals surface area (Å²) in [5.74, 6) is 0.853. The number of ketones is 1. The topological polar surface area (TPSA) is 26.3 Å². The van der Waals surface area contributed by atoms with Gasteiger partial charge in [-0.1, -0.05) is 13.8 Å². The Morgan fingerprint density at radius 2 is 2.15 bits per heavy atom. The molecule has 13 heavy (non-hydrogen) atoms. The van der Waals surface area contributed by atoms with Gasteiger partial charge in [0.15, 0.2) is 5.05 Å². The van der Waals surface area contributed by atoms with Crippen molar-refractivity contribution in [1.82, 2.24) is 0 Å². The third-order valence-electron chi connectivity index (χ3n) is 2.70. The van der Waals surface area contributed by atoms with Gasteiger partial charge in [0.05, 0.1) is 6.61 Å². The molecule has 0 N–H and O–H groups in total. The zero-order valence-electron chi connectivity index (χ0n) is 8.42. The van der Waals surface area contributed by atoms with Gasteiger partial charge < -0.3 is 4.74 Å². The first kappa shape index (κ1) is 10.6. The summed E-state index contributed by atoms with van der Waals surface area (Å²) in [7, 11) is 0. The van der Waals surface area contributed by atoms with Gasteiger partial charge in [0.2, 0.25) is 0 Å². The third-order valence-corrected chi connectivity index (χ3v) is 2.82. The lowest BCUT2D eigenvalue weighted by molar-refractivity contribution is -0.131. The van der Waals surface area contributed by atoms with Crippen molar-refractivity contribution >= 4 is 23.1 Å². The lowest BCUT2D eigenvalue weighted by Gasteiger charge is -2.38. The molecule has 0 aromatic heterocycles. The fourth-order valence-electron chi connectivity index (χ4n) is 1.45. The Kier molecular flexibility index (Phi) is 3.06. The molecule has 0 heterocycles. The number of thiocarbonyl (C=S) groups is 1. The van der Waals surface area contributed by atoms with Crippen molar-refractivity contribution in [3.8, 4) is 0 Å². The van der Waals surface area contributed by atoms with Crippen LogP contribution in [-0.4, -0.2) is 17.4 Å². The predicted molar refractivity (Wildman–Crippen MR) is 55.7 cm³/mol. The molecule has 74 valence electrons. The van der Waals surface area contributed by atoms with Crippen LogP contribution in [0.3, 0.4) is 0 Å². The molecule has 1 aliphatic carbocycles. The van der Waals surface area contributed by atoms with E-state index >= 15 is 0 Å². The van der Waals surface area contributed by atoms with Crippen LogP contribution in [0.5, 0.6) is 0 Å². The van der Waals surface area contributed by atoms with Crippen molar-refractivity contribution in [2.45, 2.75) is 33.6 Å². The van der Waals surface area contributed by atoms with Crippen LogP contribution < -0.4 is 0 Å². The largest absolute Gasteiger partial charge is 0.487 e. The Morgan fingerprint density at radius 3 is 2.54 bits per heavy atom. The normalized spacial score (nSPS) is 18.2. The van der Waals surface area contributed by atoms with E-state index in [0.717, 1.165) is 0 Å². The number of ether oxygens (including phenoxy) is 1. The second kappa shape index (κ2) is 3.74. The van der Waals surface area contributed by atoms with Crippen molar-refractivity contribution < 1.29 is 9.53 Å². The maximum Gasteiger partial charge on any atom is 0.156 e. The Bertz CT molecular complexity index is 225. The molecule has 0 unspecified atom stereocenters. The fourth-order valence-corrected chi connectivity index (χ4v) is 1.51. The first-order chi connectivity index (χ1) is 5.92. The molecule has 0 spiro atoms. The lowest BCUT2D eigenvalue weighted by atomic mass is 9.67. The minimum absolute atomic E-state index is 0.0774. The Balaban J connectivity index is 2.37.